The van der Waals surface area contributed by atoms with E-state index >= 15 is 0 Å². The summed E-state index contributed by atoms with van der Waals surface area (Å²) >= 11 is 0. The molecule has 105 valence electrons. The van der Waals surface area contributed by atoms with Crippen LogP contribution in [-0.4, -0.2) is 23.3 Å². The molecule has 1 aliphatic rings. The zero-order valence-electron chi connectivity index (χ0n) is 12.1. The van der Waals surface area contributed by atoms with Crippen LogP contribution in [0.2, 0.25) is 0 Å². The molecule has 0 saturated heterocycles. The van der Waals surface area contributed by atoms with Gasteiger partial charge in [0, 0.05) is 50.1 Å². The molecule has 0 amide bonds. The Morgan fingerprint density at radius 1 is 1.28 bits per heavy atom. The van der Waals surface area contributed by atoms with E-state index < -0.39 is 0 Å². The first-order chi connectivity index (χ1) is 8.02. The van der Waals surface area contributed by atoms with Crippen molar-refractivity contribution in [3.05, 3.63) is 5.73 Å². The van der Waals surface area contributed by atoms with Crippen molar-refractivity contribution in [1.82, 2.24) is 0 Å². The maximum atomic E-state index is 10.2. The van der Waals surface area contributed by atoms with E-state index in [0.29, 0.717) is 5.92 Å². The van der Waals surface area contributed by atoms with Gasteiger partial charge in [0.05, 0.1) is 6.10 Å². The number of rotatable bonds is 6. The predicted molar refractivity (Wildman–Crippen MR) is 72.7 cm³/mol. The van der Waals surface area contributed by atoms with Gasteiger partial charge in [-0.3, -0.25) is 0 Å². The minimum atomic E-state index is -0.372. The van der Waals surface area contributed by atoms with Crippen molar-refractivity contribution >= 4 is 0 Å². The van der Waals surface area contributed by atoms with E-state index in [0.717, 1.165) is 32.1 Å². The monoisotopic (exact) mass is 468 g/mol. The van der Waals surface area contributed by atoms with Crippen molar-refractivity contribution in [2.24, 2.45) is 23.5 Å². The van der Waals surface area contributed by atoms with Crippen molar-refractivity contribution in [2.75, 3.05) is 0 Å². The van der Waals surface area contributed by atoms with Crippen LogP contribution in [-0.2, 0) is 0 Å². The Hall–Kier alpha value is 1.32. The van der Waals surface area contributed by atoms with E-state index in [1.54, 1.807) is 0 Å². The summed E-state index contributed by atoms with van der Waals surface area (Å²) in [4.78, 5) is 0. The fourth-order valence-electron chi connectivity index (χ4n) is 3.40. The van der Waals surface area contributed by atoms with Gasteiger partial charge < -0.3 is 16.6 Å². The van der Waals surface area contributed by atoms with Gasteiger partial charge in [0.1, 0.15) is 0 Å². The summed E-state index contributed by atoms with van der Waals surface area (Å²) in [5.41, 5.74) is 14.6. The van der Waals surface area contributed by atoms with Crippen LogP contribution in [0.4, 0.5) is 0 Å². The van der Waals surface area contributed by atoms with Crippen LogP contribution in [0.25, 0.3) is 5.73 Å². The fourth-order valence-corrected chi connectivity index (χ4v) is 3.40. The molecular weight excluding hydrogens is 439 g/mol. The second-order valence-electron chi connectivity index (χ2n) is 5.81. The standard InChI is InChI=1S/C14H29N2O.Ac/c1-4-6-10(7-5-2)13(16)12-11(15)8-9(3)14(12)17;/h9-14,16-17H,4-8,15H2,1-3H3;/q-1;. The van der Waals surface area contributed by atoms with Gasteiger partial charge in [-0.2, -0.15) is 0 Å². The Balaban J connectivity index is 0.00000289. The molecule has 0 aromatic rings. The molecule has 5 unspecified atom stereocenters. The second kappa shape index (κ2) is 9.29. The number of hydrogen-bond acceptors (Lipinski definition) is 2. The molecule has 1 fully saturated rings. The average molecular weight is 468 g/mol. The van der Waals surface area contributed by atoms with E-state index in [-0.39, 0.29) is 74.1 Å². The van der Waals surface area contributed by atoms with Crippen molar-refractivity contribution in [3.63, 3.8) is 0 Å². The third kappa shape index (κ3) is 4.70. The van der Waals surface area contributed by atoms with Crippen LogP contribution in [0.15, 0.2) is 0 Å². The third-order valence-electron chi connectivity index (χ3n) is 4.36. The van der Waals surface area contributed by atoms with Crippen LogP contribution in [0, 0.1) is 61.8 Å². The van der Waals surface area contributed by atoms with Crippen LogP contribution in [0.1, 0.15) is 52.9 Å². The molecule has 1 saturated carbocycles. The normalized spacial score (nSPS) is 33.5. The van der Waals surface area contributed by atoms with E-state index in [4.69, 9.17) is 11.5 Å². The summed E-state index contributed by atoms with van der Waals surface area (Å²) in [6.07, 6.45) is 4.91. The SMILES string of the molecule is CCCC(CCC)C([NH-])C1C(N)CC(C)C1O.[Ac]. The maximum absolute atomic E-state index is 10.2. The Morgan fingerprint density at radius 2 is 1.78 bits per heavy atom. The Bertz CT molecular complexity index is 222. The zero-order valence-corrected chi connectivity index (χ0v) is 16.8. The molecule has 0 spiro atoms. The molecule has 5 atom stereocenters. The average Bonchev–Trinajstić information content (AvgIpc) is 2.52. The van der Waals surface area contributed by atoms with Crippen molar-refractivity contribution in [1.29, 1.82) is 0 Å². The minimum Gasteiger partial charge on any atom is -0.674 e. The molecule has 3 nitrogen and oxygen atoms in total. The van der Waals surface area contributed by atoms with Crippen LogP contribution in [0.5, 0.6) is 0 Å². The number of aliphatic hydroxyl groups is 1. The Kier molecular flexibility index (Phi) is 9.98. The van der Waals surface area contributed by atoms with Gasteiger partial charge in [-0.25, -0.2) is 0 Å². The number of nitrogens with two attached hydrogens (primary N) is 1. The van der Waals surface area contributed by atoms with Gasteiger partial charge in [-0.15, -0.1) is 6.04 Å². The minimum absolute atomic E-state index is 0. The molecule has 0 aromatic heterocycles. The first kappa shape index (κ1) is 19.3. The molecule has 18 heavy (non-hydrogen) atoms. The quantitative estimate of drug-likeness (QED) is 0.630. The van der Waals surface area contributed by atoms with Crippen molar-refractivity contribution in [2.45, 2.75) is 71.1 Å². The molecule has 0 heterocycles. The summed E-state index contributed by atoms with van der Waals surface area (Å²) in [5.74, 6) is 0.640. The van der Waals surface area contributed by atoms with E-state index in [1.807, 2.05) is 6.92 Å². The molecule has 0 bridgehead atoms. The summed E-state index contributed by atoms with van der Waals surface area (Å²) in [7, 11) is 0. The smallest absolute Gasteiger partial charge is 0.0595 e. The van der Waals surface area contributed by atoms with Crippen LogP contribution < -0.4 is 5.73 Å². The third-order valence-corrected chi connectivity index (χ3v) is 4.36. The van der Waals surface area contributed by atoms with Gasteiger partial charge in [-0.1, -0.05) is 52.4 Å². The van der Waals surface area contributed by atoms with Gasteiger partial charge in [0.2, 0.25) is 0 Å². The number of hydrogen-bond donors (Lipinski definition) is 2. The van der Waals surface area contributed by atoms with Gasteiger partial charge in [-0.05, 0) is 18.3 Å². The number of aliphatic hydroxyl groups excluding tert-OH is 1. The van der Waals surface area contributed by atoms with E-state index in [9.17, 15) is 5.11 Å². The summed E-state index contributed by atoms with van der Waals surface area (Å²) < 4.78 is 0. The largest absolute Gasteiger partial charge is 0.674 e. The van der Waals surface area contributed by atoms with Crippen molar-refractivity contribution < 1.29 is 49.2 Å². The summed E-state index contributed by atoms with van der Waals surface area (Å²) in [6.45, 7) is 6.39. The molecule has 4 N–H and O–H groups in total. The van der Waals surface area contributed by atoms with E-state index in [1.165, 1.54) is 0 Å². The summed E-state index contributed by atoms with van der Waals surface area (Å²) in [6, 6.07) is -0.177. The molecule has 4 heteroatoms. The fraction of sp³-hybridized carbons (Fsp3) is 1.00. The molecule has 0 aliphatic heterocycles. The summed E-state index contributed by atoms with van der Waals surface area (Å²) in [5, 5.41) is 10.2. The Labute approximate surface area is 148 Å². The van der Waals surface area contributed by atoms with Gasteiger partial charge >= 0.3 is 0 Å². The first-order valence-corrected chi connectivity index (χ1v) is 7.17. The molecule has 1 radical (unpaired) electrons. The van der Waals surface area contributed by atoms with Crippen LogP contribution in [0.3, 0.4) is 0 Å². The molecule has 1 aliphatic carbocycles. The van der Waals surface area contributed by atoms with Gasteiger partial charge in [0.25, 0.3) is 0 Å². The molecule has 0 aromatic carbocycles. The Morgan fingerprint density at radius 3 is 2.11 bits per heavy atom. The predicted octanol–water partition coefficient (Wildman–Crippen LogP) is 2.97. The second-order valence-corrected chi connectivity index (χ2v) is 5.81. The maximum Gasteiger partial charge on any atom is 0.0595 e. The zero-order chi connectivity index (χ0) is 13.0. The first-order valence-electron chi connectivity index (χ1n) is 7.17. The van der Waals surface area contributed by atoms with Crippen LogP contribution >= 0.6 is 0 Å². The number of nitrogens with one attached hydrogen (secondary N) is 1. The van der Waals surface area contributed by atoms with Gasteiger partial charge in [0.15, 0.2) is 0 Å². The van der Waals surface area contributed by atoms with Crippen molar-refractivity contribution in [3.8, 4) is 0 Å². The van der Waals surface area contributed by atoms with E-state index in [2.05, 4.69) is 13.8 Å². The molecule has 1 rings (SSSR count). The molecular formula is C14H29AcN2O-. The topological polar surface area (TPSA) is 70.0 Å².